The molecule has 3 aromatic carbocycles. The molecule has 0 saturated heterocycles. The van der Waals surface area contributed by atoms with E-state index in [4.69, 9.17) is 4.74 Å². The molecule has 5 heteroatoms. The van der Waals surface area contributed by atoms with Crippen molar-refractivity contribution >= 4 is 16.6 Å². The topological polar surface area (TPSA) is 57.3 Å². The largest absolute Gasteiger partial charge is 0.489 e. The van der Waals surface area contributed by atoms with Gasteiger partial charge in [0.1, 0.15) is 12.4 Å². The fourth-order valence-corrected chi connectivity index (χ4v) is 3.54. The van der Waals surface area contributed by atoms with Crippen LogP contribution in [0.15, 0.2) is 78.9 Å². The quantitative estimate of drug-likeness (QED) is 0.280. The molecule has 4 aromatic rings. The number of nitro benzene ring substituents is 1. The summed E-state index contributed by atoms with van der Waals surface area (Å²) < 4.78 is 8.23. The van der Waals surface area contributed by atoms with Gasteiger partial charge >= 0.3 is 0 Å². The van der Waals surface area contributed by atoms with Crippen LogP contribution < -0.4 is 4.74 Å². The molecule has 0 aliphatic heterocycles. The maximum atomic E-state index is 10.9. The highest BCUT2D eigenvalue weighted by Gasteiger charge is 2.13. The summed E-state index contributed by atoms with van der Waals surface area (Å²) in [5, 5.41) is 12.0. The number of ether oxygens (including phenoxy) is 1. The van der Waals surface area contributed by atoms with Crippen LogP contribution in [0.3, 0.4) is 0 Å². The fourth-order valence-electron chi connectivity index (χ4n) is 3.54. The third kappa shape index (κ3) is 3.99. The van der Waals surface area contributed by atoms with Crippen LogP contribution in [0, 0.1) is 10.1 Å². The van der Waals surface area contributed by atoms with E-state index < -0.39 is 0 Å². The molecule has 0 aliphatic carbocycles. The number of aryl methyl sites for hydroxylation is 1. The predicted molar refractivity (Wildman–Crippen MR) is 115 cm³/mol. The molecule has 0 fully saturated rings. The van der Waals surface area contributed by atoms with Crippen LogP contribution in [0.1, 0.15) is 18.9 Å². The maximum absolute atomic E-state index is 10.9. The minimum atomic E-state index is -0.373. The van der Waals surface area contributed by atoms with Gasteiger partial charge < -0.3 is 9.30 Å². The van der Waals surface area contributed by atoms with Crippen molar-refractivity contribution in [2.24, 2.45) is 0 Å². The standard InChI is InChI=1S/C24H22N2O3/c1-2-14-25-23-13-12-22(29-17-18-6-4-3-5-7-18)15-20(23)16-24(25)19-8-10-21(11-9-19)26(27)28/h3-13,15-16H,2,14,17H2,1H3. The highest BCUT2D eigenvalue weighted by Crippen LogP contribution is 2.32. The summed E-state index contributed by atoms with van der Waals surface area (Å²) in [5.74, 6) is 0.824. The zero-order valence-corrected chi connectivity index (χ0v) is 16.2. The highest BCUT2D eigenvalue weighted by molar-refractivity contribution is 5.88. The van der Waals surface area contributed by atoms with E-state index in [1.165, 1.54) is 0 Å². The first-order chi connectivity index (χ1) is 14.2. The SMILES string of the molecule is CCCn1c(-c2ccc([N+](=O)[O-])cc2)cc2cc(OCc3ccccc3)ccc21. The lowest BCUT2D eigenvalue weighted by atomic mass is 10.1. The van der Waals surface area contributed by atoms with Crippen LogP contribution in [0.2, 0.25) is 0 Å². The zero-order chi connectivity index (χ0) is 20.2. The smallest absolute Gasteiger partial charge is 0.269 e. The van der Waals surface area contributed by atoms with Crippen LogP contribution in [0.4, 0.5) is 5.69 Å². The van der Waals surface area contributed by atoms with Crippen molar-refractivity contribution in [3.8, 4) is 17.0 Å². The van der Waals surface area contributed by atoms with Gasteiger partial charge in [-0.25, -0.2) is 0 Å². The van der Waals surface area contributed by atoms with Crippen molar-refractivity contribution in [2.75, 3.05) is 0 Å². The van der Waals surface area contributed by atoms with E-state index in [-0.39, 0.29) is 10.6 Å². The first-order valence-electron chi connectivity index (χ1n) is 9.70. The van der Waals surface area contributed by atoms with Gasteiger partial charge in [-0.15, -0.1) is 0 Å². The summed E-state index contributed by atoms with van der Waals surface area (Å²) in [6.07, 6.45) is 0.996. The van der Waals surface area contributed by atoms with Crippen LogP contribution in [-0.2, 0) is 13.2 Å². The van der Waals surface area contributed by atoms with Crippen LogP contribution in [0.5, 0.6) is 5.75 Å². The first-order valence-corrected chi connectivity index (χ1v) is 9.70. The van der Waals surface area contributed by atoms with Crippen molar-refractivity contribution in [3.63, 3.8) is 0 Å². The maximum Gasteiger partial charge on any atom is 0.269 e. The Bertz CT molecular complexity index is 1130. The number of hydrogen-bond acceptors (Lipinski definition) is 3. The number of non-ortho nitro benzene ring substituents is 1. The van der Waals surface area contributed by atoms with Gasteiger partial charge in [0, 0.05) is 35.3 Å². The van der Waals surface area contributed by atoms with Crippen molar-refractivity contribution in [1.82, 2.24) is 4.57 Å². The van der Waals surface area contributed by atoms with Gasteiger partial charge in [-0.1, -0.05) is 37.3 Å². The van der Waals surface area contributed by atoms with Crippen molar-refractivity contribution < 1.29 is 9.66 Å². The molecule has 1 aromatic heterocycles. The van der Waals surface area contributed by atoms with E-state index in [2.05, 4.69) is 29.7 Å². The number of aromatic nitrogens is 1. The van der Waals surface area contributed by atoms with E-state index in [1.807, 2.05) is 48.5 Å². The Kier molecular flexibility index (Phi) is 5.29. The predicted octanol–water partition coefficient (Wildman–Crippen LogP) is 6.21. The molecule has 146 valence electrons. The van der Waals surface area contributed by atoms with Crippen LogP contribution in [0.25, 0.3) is 22.2 Å². The molecule has 0 bridgehead atoms. The van der Waals surface area contributed by atoms with Crippen molar-refractivity contribution in [3.05, 3.63) is 94.5 Å². The summed E-state index contributed by atoms with van der Waals surface area (Å²) in [4.78, 5) is 10.6. The molecule has 0 spiro atoms. The molecular weight excluding hydrogens is 364 g/mol. The van der Waals surface area contributed by atoms with E-state index >= 15 is 0 Å². The summed E-state index contributed by atoms with van der Waals surface area (Å²) in [7, 11) is 0. The van der Waals surface area contributed by atoms with E-state index in [1.54, 1.807) is 12.1 Å². The molecule has 29 heavy (non-hydrogen) atoms. The van der Waals surface area contributed by atoms with Gasteiger partial charge in [0.15, 0.2) is 0 Å². The second kappa shape index (κ2) is 8.19. The third-order valence-electron chi connectivity index (χ3n) is 4.94. The van der Waals surface area contributed by atoms with Gasteiger partial charge in [-0.2, -0.15) is 0 Å². The average Bonchev–Trinajstić information content (AvgIpc) is 3.11. The number of fused-ring (bicyclic) bond motifs is 1. The zero-order valence-electron chi connectivity index (χ0n) is 16.2. The molecule has 0 radical (unpaired) electrons. The Balaban J connectivity index is 1.67. The number of hydrogen-bond donors (Lipinski definition) is 0. The van der Waals surface area contributed by atoms with Gasteiger partial charge in [0.2, 0.25) is 0 Å². The number of nitrogens with zero attached hydrogens (tertiary/aromatic N) is 2. The number of nitro groups is 1. The summed E-state index contributed by atoms with van der Waals surface area (Å²) in [5.41, 5.74) is 4.38. The highest BCUT2D eigenvalue weighted by atomic mass is 16.6. The Morgan fingerprint density at radius 2 is 1.72 bits per heavy atom. The van der Waals surface area contributed by atoms with Gasteiger partial charge in [-0.3, -0.25) is 10.1 Å². The van der Waals surface area contributed by atoms with Gasteiger partial charge in [0.25, 0.3) is 5.69 Å². The summed E-state index contributed by atoms with van der Waals surface area (Å²) >= 11 is 0. The molecule has 0 saturated carbocycles. The minimum absolute atomic E-state index is 0.100. The van der Waals surface area contributed by atoms with Crippen LogP contribution >= 0.6 is 0 Å². The normalized spacial score (nSPS) is 10.9. The Hall–Kier alpha value is -3.60. The molecule has 0 aliphatic rings. The van der Waals surface area contributed by atoms with Crippen molar-refractivity contribution in [2.45, 2.75) is 26.5 Å². The van der Waals surface area contributed by atoms with Gasteiger partial charge in [-0.05, 0) is 53.9 Å². The minimum Gasteiger partial charge on any atom is -0.489 e. The van der Waals surface area contributed by atoms with E-state index in [0.29, 0.717) is 6.61 Å². The molecule has 0 amide bonds. The molecule has 4 rings (SSSR count). The fraction of sp³-hybridized carbons (Fsp3) is 0.167. The van der Waals surface area contributed by atoms with Crippen LogP contribution in [-0.4, -0.2) is 9.49 Å². The molecule has 0 atom stereocenters. The lowest BCUT2D eigenvalue weighted by molar-refractivity contribution is -0.384. The molecular formula is C24H22N2O3. The Morgan fingerprint density at radius 1 is 0.966 bits per heavy atom. The Morgan fingerprint density at radius 3 is 2.41 bits per heavy atom. The number of benzene rings is 3. The molecule has 0 unspecified atom stereocenters. The summed E-state index contributed by atoms with van der Waals surface area (Å²) in [6.45, 7) is 3.54. The Labute approximate surface area is 169 Å². The second-order valence-electron chi connectivity index (χ2n) is 6.98. The van der Waals surface area contributed by atoms with Crippen molar-refractivity contribution in [1.29, 1.82) is 0 Å². The van der Waals surface area contributed by atoms with Gasteiger partial charge in [0.05, 0.1) is 4.92 Å². The lowest BCUT2D eigenvalue weighted by Crippen LogP contribution is -1.99. The average molecular weight is 386 g/mol. The monoisotopic (exact) mass is 386 g/mol. The lowest BCUT2D eigenvalue weighted by Gasteiger charge is -2.10. The second-order valence-corrected chi connectivity index (χ2v) is 6.98. The third-order valence-corrected chi connectivity index (χ3v) is 4.94. The van der Waals surface area contributed by atoms with E-state index in [9.17, 15) is 10.1 Å². The molecule has 5 nitrogen and oxygen atoms in total. The summed E-state index contributed by atoms with van der Waals surface area (Å²) in [6, 6.07) is 25.1. The first kappa shape index (κ1) is 18.7. The molecule has 0 N–H and O–H groups in total. The van der Waals surface area contributed by atoms with E-state index in [0.717, 1.165) is 46.4 Å². The number of rotatable bonds is 7. The molecule has 1 heterocycles.